The van der Waals surface area contributed by atoms with E-state index < -0.39 is 0 Å². The predicted molar refractivity (Wildman–Crippen MR) is 91.9 cm³/mol. The van der Waals surface area contributed by atoms with Gasteiger partial charge in [0.15, 0.2) is 0 Å². The van der Waals surface area contributed by atoms with Crippen LogP contribution in [0.15, 0.2) is 18.6 Å². The summed E-state index contributed by atoms with van der Waals surface area (Å²) in [5.74, 6) is -0.0196. The third-order valence-corrected chi connectivity index (χ3v) is 6.47. The molecule has 1 amide bonds. The van der Waals surface area contributed by atoms with Gasteiger partial charge in [-0.2, -0.15) is 5.10 Å². The fourth-order valence-corrected chi connectivity index (χ4v) is 4.71. The summed E-state index contributed by atoms with van der Waals surface area (Å²) < 4.78 is 7.58. The highest BCUT2D eigenvalue weighted by Crippen LogP contribution is 2.57. The van der Waals surface area contributed by atoms with Gasteiger partial charge in [0.1, 0.15) is 9.88 Å². The summed E-state index contributed by atoms with van der Waals surface area (Å²) in [6.07, 6.45) is 10.1. The SMILES string of the molecule is CCO[C@@H]1C[C@H](NC(=O)c2cnc(-c3cnn(C)c3)s2)C12CCC2. The van der Waals surface area contributed by atoms with Crippen molar-refractivity contribution in [2.24, 2.45) is 12.5 Å². The van der Waals surface area contributed by atoms with Crippen LogP contribution in [0.5, 0.6) is 0 Å². The first-order valence-corrected chi connectivity index (χ1v) is 9.31. The molecule has 0 saturated heterocycles. The Morgan fingerprint density at radius 2 is 2.33 bits per heavy atom. The quantitative estimate of drug-likeness (QED) is 0.903. The molecular formula is C17H22N4O2S. The van der Waals surface area contributed by atoms with Crippen LogP contribution in [-0.4, -0.2) is 39.4 Å². The molecule has 2 aromatic rings. The molecule has 0 aromatic carbocycles. The monoisotopic (exact) mass is 346 g/mol. The number of thiazole rings is 1. The normalized spacial score (nSPS) is 24.4. The summed E-state index contributed by atoms with van der Waals surface area (Å²) in [4.78, 5) is 17.6. The first kappa shape index (κ1) is 15.8. The molecule has 2 aromatic heterocycles. The van der Waals surface area contributed by atoms with Gasteiger partial charge in [0, 0.05) is 36.9 Å². The van der Waals surface area contributed by atoms with Gasteiger partial charge in [-0.15, -0.1) is 11.3 Å². The Bertz CT molecular complexity index is 749. The molecule has 2 aliphatic rings. The lowest BCUT2D eigenvalue weighted by Gasteiger charge is -2.60. The lowest BCUT2D eigenvalue weighted by atomic mass is 9.51. The molecule has 2 saturated carbocycles. The molecule has 2 fully saturated rings. The first-order valence-electron chi connectivity index (χ1n) is 8.49. The Hall–Kier alpha value is -1.73. The van der Waals surface area contributed by atoms with Crippen molar-refractivity contribution in [3.63, 3.8) is 0 Å². The molecule has 2 aliphatic carbocycles. The highest BCUT2D eigenvalue weighted by atomic mass is 32.1. The van der Waals surface area contributed by atoms with Gasteiger partial charge in [0.05, 0.1) is 18.5 Å². The van der Waals surface area contributed by atoms with E-state index in [4.69, 9.17) is 4.74 Å². The predicted octanol–water partition coefficient (Wildman–Crippen LogP) is 2.62. The number of rotatable bonds is 5. The minimum atomic E-state index is -0.0196. The van der Waals surface area contributed by atoms with Crippen molar-refractivity contribution < 1.29 is 9.53 Å². The second-order valence-corrected chi connectivity index (χ2v) is 7.76. The lowest BCUT2D eigenvalue weighted by molar-refractivity contribution is -0.169. The molecule has 0 bridgehead atoms. The van der Waals surface area contributed by atoms with Crippen LogP contribution in [0.4, 0.5) is 0 Å². The van der Waals surface area contributed by atoms with Gasteiger partial charge >= 0.3 is 0 Å². The smallest absolute Gasteiger partial charge is 0.263 e. The average Bonchev–Trinajstić information content (AvgIpc) is 3.12. The number of carbonyl (C=O) groups is 1. The van der Waals surface area contributed by atoms with Crippen LogP contribution >= 0.6 is 11.3 Å². The highest BCUT2D eigenvalue weighted by molar-refractivity contribution is 7.16. The molecule has 0 radical (unpaired) electrons. The molecule has 0 unspecified atom stereocenters. The number of hydrogen-bond donors (Lipinski definition) is 1. The largest absolute Gasteiger partial charge is 0.378 e. The summed E-state index contributed by atoms with van der Waals surface area (Å²) in [7, 11) is 1.87. The fourth-order valence-electron chi connectivity index (χ4n) is 3.91. The molecule has 1 spiro atoms. The Kier molecular flexibility index (Phi) is 3.92. The van der Waals surface area contributed by atoms with Gasteiger partial charge < -0.3 is 10.1 Å². The van der Waals surface area contributed by atoms with Crippen molar-refractivity contribution in [1.29, 1.82) is 0 Å². The standard InChI is InChI=1S/C17H22N4O2S/c1-3-23-14-7-13(17(14)5-4-6-17)20-15(22)12-9-18-16(24-12)11-8-19-21(2)10-11/h8-10,13-14H,3-7H2,1-2H3,(H,20,22)/t13-,14+/m0/s1. The van der Waals surface area contributed by atoms with E-state index in [0.717, 1.165) is 36.4 Å². The highest BCUT2D eigenvalue weighted by Gasteiger charge is 2.59. The van der Waals surface area contributed by atoms with E-state index in [9.17, 15) is 4.79 Å². The zero-order valence-corrected chi connectivity index (χ0v) is 14.8. The maximum atomic E-state index is 12.6. The number of hydrogen-bond acceptors (Lipinski definition) is 5. The van der Waals surface area contributed by atoms with Crippen molar-refractivity contribution >= 4 is 17.2 Å². The summed E-state index contributed by atoms with van der Waals surface area (Å²) in [5, 5.41) is 8.19. The first-order chi connectivity index (χ1) is 11.6. The van der Waals surface area contributed by atoms with Gasteiger partial charge in [0.25, 0.3) is 5.91 Å². The van der Waals surface area contributed by atoms with Crippen molar-refractivity contribution in [1.82, 2.24) is 20.1 Å². The van der Waals surface area contributed by atoms with Crippen LogP contribution in [0.25, 0.3) is 10.6 Å². The number of nitrogens with zero attached hydrogens (tertiary/aromatic N) is 3. The van der Waals surface area contributed by atoms with Crippen molar-refractivity contribution in [3.8, 4) is 10.6 Å². The van der Waals surface area contributed by atoms with E-state index in [1.807, 2.05) is 20.2 Å². The van der Waals surface area contributed by atoms with Gasteiger partial charge in [-0.25, -0.2) is 4.98 Å². The van der Waals surface area contributed by atoms with E-state index in [1.54, 1.807) is 17.1 Å². The number of amides is 1. The van der Waals surface area contributed by atoms with E-state index in [1.165, 1.54) is 17.8 Å². The molecular weight excluding hydrogens is 324 g/mol. The second kappa shape index (κ2) is 5.97. The lowest BCUT2D eigenvalue weighted by Crippen LogP contribution is -2.67. The van der Waals surface area contributed by atoms with Gasteiger partial charge in [0.2, 0.25) is 0 Å². The molecule has 0 aliphatic heterocycles. The molecule has 6 nitrogen and oxygen atoms in total. The molecule has 1 N–H and O–H groups in total. The van der Waals surface area contributed by atoms with Crippen LogP contribution in [-0.2, 0) is 11.8 Å². The number of aryl methyl sites for hydroxylation is 1. The maximum Gasteiger partial charge on any atom is 0.263 e. The summed E-state index contributed by atoms with van der Waals surface area (Å²) in [6.45, 7) is 2.78. The molecule has 128 valence electrons. The number of nitrogens with one attached hydrogen (secondary N) is 1. The third kappa shape index (κ3) is 2.46. The number of ether oxygens (including phenoxy) is 1. The van der Waals surface area contributed by atoms with Crippen molar-refractivity contribution in [3.05, 3.63) is 23.5 Å². The van der Waals surface area contributed by atoms with Gasteiger partial charge in [-0.1, -0.05) is 6.42 Å². The average molecular weight is 346 g/mol. The van der Waals surface area contributed by atoms with E-state index in [2.05, 4.69) is 15.4 Å². The molecule has 24 heavy (non-hydrogen) atoms. The van der Waals surface area contributed by atoms with Crippen LogP contribution in [0.1, 0.15) is 42.3 Å². The summed E-state index contributed by atoms with van der Waals surface area (Å²) in [5.41, 5.74) is 1.12. The second-order valence-electron chi connectivity index (χ2n) is 6.72. The minimum absolute atomic E-state index is 0.0196. The summed E-state index contributed by atoms with van der Waals surface area (Å²) >= 11 is 1.41. The van der Waals surface area contributed by atoms with Crippen LogP contribution < -0.4 is 5.32 Å². The maximum absolute atomic E-state index is 12.6. The van der Waals surface area contributed by atoms with E-state index >= 15 is 0 Å². The van der Waals surface area contributed by atoms with Crippen molar-refractivity contribution in [2.45, 2.75) is 44.8 Å². The molecule has 4 rings (SSSR count). The zero-order chi connectivity index (χ0) is 16.7. The minimum Gasteiger partial charge on any atom is -0.378 e. The molecule has 7 heteroatoms. The Balaban J connectivity index is 1.43. The van der Waals surface area contributed by atoms with Crippen LogP contribution in [0.2, 0.25) is 0 Å². The van der Waals surface area contributed by atoms with Gasteiger partial charge in [-0.05, 0) is 26.2 Å². The molecule has 2 atom stereocenters. The molecule has 2 heterocycles. The number of carbonyl (C=O) groups excluding carboxylic acids is 1. The Morgan fingerprint density at radius 1 is 1.50 bits per heavy atom. The fraction of sp³-hybridized carbons (Fsp3) is 0.588. The Labute approximate surface area is 145 Å². The van der Waals surface area contributed by atoms with E-state index in [0.29, 0.717) is 11.0 Å². The third-order valence-electron chi connectivity index (χ3n) is 5.42. The summed E-state index contributed by atoms with van der Waals surface area (Å²) in [6, 6.07) is 0.235. The Morgan fingerprint density at radius 3 is 2.96 bits per heavy atom. The van der Waals surface area contributed by atoms with Crippen LogP contribution in [0, 0.1) is 5.41 Å². The van der Waals surface area contributed by atoms with Gasteiger partial charge in [-0.3, -0.25) is 9.48 Å². The topological polar surface area (TPSA) is 69.0 Å². The van der Waals surface area contributed by atoms with Crippen molar-refractivity contribution in [2.75, 3.05) is 6.61 Å². The number of aromatic nitrogens is 3. The van der Waals surface area contributed by atoms with E-state index in [-0.39, 0.29) is 17.4 Å². The van der Waals surface area contributed by atoms with Crippen LogP contribution in [0.3, 0.4) is 0 Å². The zero-order valence-electron chi connectivity index (χ0n) is 14.0.